The van der Waals surface area contributed by atoms with Crippen LogP contribution in [0.5, 0.6) is 0 Å². The Kier molecular flexibility index (Phi) is 4.10. The molecule has 0 fully saturated rings. The van der Waals surface area contributed by atoms with E-state index < -0.39 is 11.7 Å². The molecule has 0 radical (unpaired) electrons. The number of hydrogen-bond acceptors (Lipinski definition) is 2. The lowest BCUT2D eigenvalue weighted by atomic mass is 10.1. The first kappa shape index (κ1) is 15.2. The van der Waals surface area contributed by atoms with Crippen molar-refractivity contribution in [3.63, 3.8) is 0 Å². The molecule has 0 aliphatic rings. The van der Waals surface area contributed by atoms with Crippen LogP contribution in [-0.4, -0.2) is 0 Å². The molecule has 0 bridgehead atoms. The van der Waals surface area contributed by atoms with Crippen LogP contribution in [-0.2, 0) is 6.18 Å². The molecule has 0 saturated carbocycles. The lowest BCUT2D eigenvalue weighted by molar-refractivity contribution is -0.137. The van der Waals surface area contributed by atoms with Crippen molar-refractivity contribution < 1.29 is 13.2 Å². The second-order valence-electron chi connectivity index (χ2n) is 4.43. The Bertz CT molecular complexity index is 718. The van der Waals surface area contributed by atoms with Gasteiger partial charge in [-0.05, 0) is 36.8 Å². The fourth-order valence-electron chi connectivity index (χ4n) is 1.86. The summed E-state index contributed by atoms with van der Waals surface area (Å²) in [6, 6.07) is 10.0. The van der Waals surface area contributed by atoms with Crippen LogP contribution in [0.15, 0.2) is 36.4 Å². The molecule has 0 aliphatic heterocycles. The number of nitrogens with one attached hydrogen (secondary N) is 1. The molecule has 0 heterocycles. The van der Waals surface area contributed by atoms with Gasteiger partial charge in [-0.15, -0.1) is 0 Å². The Labute approximate surface area is 124 Å². The van der Waals surface area contributed by atoms with Crippen LogP contribution in [0.1, 0.15) is 16.7 Å². The molecule has 0 aromatic heterocycles. The minimum absolute atomic E-state index is 0.109. The van der Waals surface area contributed by atoms with E-state index in [-0.39, 0.29) is 10.7 Å². The van der Waals surface area contributed by atoms with Gasteiger partial charge in [0.05, 0.1) is 27.5 Å². The molecule has 2 rings (SSSR count). The van der Waals surface area contributed by atoms with Crippen molar-refractivity contribution in [3.05, 3.63) is 58.1 Å². The van der Waals surface area contributed by atoms with Crippen LogP contribution in [0.3, 0.4) is 0 Å². The molecule has 0 atom stereocenters. The first-order valence-corrected chi connectivity index (χ1v) is 6.34. The van der Waals surface area contributed by atoms with Crippen molar-refractivity contribution in [2.24, 2.45) is 0 Å². The van der Waals surface area contributed by atoms with Crippen molar-refractivity contribution in [1.29, 1.82) is 5.26 Å². The molecule has 0 saturated heterocycles. The fraction of sp³-hybridized carbons (Fsp3) is 0.133. The summed E-state index contributed by atoms with van der Waals surface area (Å²) in [7, 11) is 0. The summed E-state index contributed by atoms with van der Waals surface area (Å²) in [6.07, 6.45) is -4.45. The highest BCUT2D eigenvalue weighted by molar-refractivity contribution is 6.33. The number of nitriles is 1. The number of anilines is 2. The monoisotopic (exact) mass is 310 g/mol. The molecule has 0 amide bonds. The number of hydrogen-bond donors (Lipinski definition) is 1. The molecule has 0 unspecified atom stereocenters. The van der Waals surface area contributed by atoms with E-state index in [1.54, 1.807) is 25.1 Å². The van der Waals surface area contributed by atoms with Crippen molar-refractivity contribution in [2.75, 3.05) is 5.32 Å². The maximum Gasteiger partial charge on any atom is 0.416 e. The van der Waals surface area contributed by atoms with Crippen molar-refractivity contribution in [2.45, 2.75) is 13.1 Å². The van der Waals surface area contributed by atoms with Crippen LogP contribution in [0.25, 0.3) is 0 Å². The van der Waals surface area contributed by atoms with Gasteiger partial charge in [0.25, 0.3) is 0 Å². The lowest BCUT2D eigenvalue weighted by Gasteiger charge is -2.15. The standard InChI is InChI=1S/C15H10ClF3N2/c1-9-3-2-4-10(8-20)14(9)21-13-7-11(15(17,18)19)5-6-12(13)16/h2-7,21H,1H3. The second kappa shape index (κ2) is 5.66. The minimum Gasteiger partial charge on any atom is -0.353 e. The van der Waals surface area contributed by atoms with E-state index >= 15 is 0 Å². The molecule has 6 heteroatoms. The van der Waals surface area contributed by atoms with Gasteiger partial charge in [-0.25, -0.2) is 0 Å². The number of aryl methyl sites for hydroxylation is 1. The third-order valence-corrected chi connectivity index (χ3v) is 3.28. The summed E-state index contributed by atoms with van der Waals surface area (Å²) in [5, 5.41) is 12.0. The largest absolute Gasteiger partial charge is 0.416 e. The van der Waals surface area contributed by atoms with Crippen molar-refractivity contribution in [3.8, 4) is 6.07 Å². The molecule has 2 aromatic carbocycles. The number of rotatable bonds is 2. The average Bonchev–Trinajstić information content (AvgIpc) is 2.41. The summed E-state index contributed by atoms with van der Waals surface area (Å²) < 4.78 is 38.2. The maximum atomic E-state index is 12.7. The van der Waals surface area contributed by atoms with Gasteiger partial charge in [0, 0.05) is 0 Å². The predicted octanol–water partition coefficient (Wildman–Crippen LogP) is 5.28. The van der Waals surface area contributed by atoms with Crippen molar-refractivity contribution in [1.82, 2.24) is 0 Å². The van der Waals surface area contributed by atoms with Gasteiger partial charge in [-0.2, -0.15) is 18.4 Å². The van der Waals surface area contributed by atoms with Gasteiger partial charge >= 0.3 is 6.18 Å². The molecule has 1 N–H and O–H groups in total. The van der Waals surface area contributed by atoms with Gasteiger partial charge in [0.2, 0.25) is 0 Å². The predicted molar refractivity (Wildman–Crippen MR) is 75.6 cm³/mol. The SMILES string of the molecule is Cc1cccc(C#N)c1Nc1cc(C(F)(F)F)ccc1Cl. The first-order valence-electron chi connectivity index (χ1n) is 5.96. The first-order chi connectivity index (χ1) is 9.82. The fourth-order valence-corrected chi connectivity index (χ4v) is 2.02. The second-order valence-corrected chi connectivity index (χ2v) is 4.83. The zero-order valence-electron chi connectivity index (χ0n) is 10.9. The normalized spacial score (nSPS) is 11.0. The summed E-state index contributed by atoms with van der Waals surface area (Å²) in [4.78, 5) is 0. The molecule has 108 valence electrons. The van der Waals surface area contributed by atoms with Crippen LogP contribution in [0.2, 0.25) is 5.02 Å². The van der Waals surface area contributed by atoms with Gasteiger partial charge in [-0.1, -0.05) is 23.7 Å². The number of nitrogens with zero attached hydrogens (tertiary/aromatic N) is 1. The molecule has 2 nitrogen and oxygen atoms in total. The van der Waals surface area contributed by atoms with E-state index in [0.29, 0.717) is 11.3 Å². The quantitative estimate of drug-likeness (QED) is 0.819. The molecule has 0 aliphatic carbocycles. The van der Waals surface area contributed by atoms with Crippen LogP contribution < -0.4 is 5.32 Å². The molecular weight excluding hydrogens is 301 g/mol. The van der Waals surface area contributed by atoms with Crippen LogP contribution >= 0.6 is 11.6 Å². The lowest BCUT2D eigenvalue weighted by Crippen LogP contribution is -2.06. The molecule has 21 heavy (non-hydrogen) atoms. The highest BCUT2D eigenvalue weighted by atomic mass is 35.5. The van der Waals surface area contributed by atoms with E-state index in [1.807, 2.05) is 6.07 Å². The van der Waals surface area contributed by atoms with E-state index in [0.717, 1.165) is 17.7 Å². The molecule has 2 aromatic rings. The summed E-state index contributed by atoms with van der Waals surface area (Å²) in [5.41, 5.74) is 0.825. The Morgan fingerprint density at radius 3 is 2.52 bits per heavy atom. The van der Waals surface area contributed by atoms with Crippen LogP contribution in [0, 0.1) is 18.3 Å². The van der Waals surface area contributed by atoms with Gasteiger partial charge in [0.1, 0.15) is 6.07 Å². The summed E-state index contributed by atoms with van der Waals surface area (Å²) in [5.74, 6) is 0. The molecule has 0 spiro atoms. The van der Waals surface area contributed by atoms with E-state index in [1.165, 1.54) is 6.07 Å². The zero-order chi connectivity index (χ0) is 15.6. The van der Waals surface area contributed by atoms with E-state index in [9.17, 15) is 13.2 Å². The Hall–Kier alpha value is -2.19. The van der Waals surface area contributed by atoms with Gasteiger partial charge in [-0.3, -0.25) is 0 Å². The highest BCUT2D eigenvalue weighted by Crippen LogP contribution is 2.36. The smallest absolute Gasteiger partial charge is 0.353 e. The van der Waals surface area contributed by atoms with E-state index in [2.05, 4.69) is 5.32 Å². The summed E-state index contributed by atoms with van der Waals surface area (Å²) in [6.45, 7) is 1.75. The topological polar surface area (TPSA) is 35.8 Å². The van der Waals surface area contributed by atoms with Gasteiger partial charge in [0.15, 0.2) is 0 Å². The van der Waals surface area contributed by atoms with Crippen LogP contribution in [0.4, 0.5) is 24.5 Å². The Morgan fingerprint density at radius 1 is 1.19 bits per heavy atom. The number of halogens is 4. The zero-order valence-corrected chi connectivity index (χ0v) is 11.7. The number of alkyl halides is 3. The summed E-state index contributed by atoms with van der Waals surface area (Å²) >= 11 is 5.93. The highest BCUT2D eigenvalue weighted by Gasteiger charge is 2.31. The van der Waals surface area contributed by atoms with E-state index in [4.69, 9.17) is 16.9 Å². The molecular formula is C15H10ClF3N2. The number of benzene rings is 2. The Morgan fingerprint density at radius 2 is 1.90 bits per heavy atom. The van der Waals surface area contributed by atoms with Crippen molar-refractivity contribution >= 4 is 23.0 Å². The van der Waals surface area contributed by atoms with Gasteiger partial charge < -0.3 is 5.32 Å². The minimum atomic E-state index is -4.45. The third-order valence-electron chi connectivity index (χ3n) is 2.95. The third kappa shape index (κ3) is 3.29. The average molecular weight is 311 g/mol. The number of para-hydroxylation sites is 1. The Balaban J connectivity index is 2.48. The maximum absolute atomic E-state index is 12.7.